The lowest BCUT2D eigenvalue weighted by Gasteiger charge is -2.19. The standard InChI is InChI=1S/C22H20ClN3O3/c23-16-7-5-8-17(13-16)25-21(27)14-20(26-22(24)28)15-6-4-11-19(12-15)29-18-9-2-1-3-10-18/h1-13,20H,14H2,(H,25,27)(H3,24,26,28)/t20-/m1/s1. The average molecular weight is 410 g/mol. The average Bonchev–Trinajstić information content (AvgIpc) is 2.68. The van der Waals surface area contributed by atoms with E-state index in [4.69, 9.17) is 22.1 Å². The van der Waals surface area contributed by atoms with Crippen LogP contribution in [0.15, 0.2) is 78.9 Å². The Morgan fingerprint density at radius 1 is 0.931 bits per heavy atom. The van der Waals surface area contributed by atoms with Gasteiger partial charge in [0.15, 0.2) is 0 Å². The van der Waals surface area contributed by atoms with Crippen LogP contribution in [-0.4, -0.2) is 11.9 Å². The monoisotopic (exact) mass is 409 g/mol. The predicted octanol–water partition coefficient (Wildman–Crippen LogP) is 4.87. The molecule has 4 N–H and O–H groups in total. The van der Waals surface area contributed by atoms with Gasteiger partial charge in [0.05, 0.1) is 12.5 Å². The van der Waals surface area contributed by atoms with E-state index in [1.165, 1.54) is 0 Å². The van der Waals surface area contributed by atoms with Gasteiger partial charge in [0, 0.05) is 10.7 Å². The zero-order chi connectivity index (χ0) is 20.6. The summed E-state index contributed by atoms with van der Waals surface area (Å²) in [6.45, 7) is 0. The Morgan fingerprint density at radius 2 is 1.66 bits per heavy atom. The van der Waals surface area contributed by atoms with Gasteiger partial charge >= 0.3 is 6.03 Å². The van der Waals surface area contributed by atoms with Gasteiger partial charge < -0.3 is 21.1 Å². The molecular formula is C22H20ClN3O3. The van der Waals surface area contributed by atoms with Crippen molar-refractivity contribution in [3.05, 3.63) is 89.4 Å². The first-order chi connectivity index (χ1) is 14.0. The number of nitrogens with one attached hydrogen (secondary N) is 2. The molecule has 6 nitrogen and oxygen atoms in total. The van der Waals surface area contributed by atoms with Crippen molar-refractivity contribution in [3.8, 4) is 11.5 Å². The number of halogens is 1. The van der Waals surface area contributed by atoms with E-state index in [1.54, 1.807) is 48.5 Å². The second-order valence-corrected chi connectivity index (χ2v) is 6.75. The summed E-state index contributed by atoms with van der Waals surface area (Å²) < 4.78 is 5.83. The first-order valence-corrected chi connectivity index (χ1v) is 9.31. The second kappa shape index (κ2) is 9.61. The Hall–Kier alpha value is -3.51. The number of rotatable bonds is 7. The van der Waals surface area contributed by atoms with Crippen molar-refractivity contribution >= 4 is 29.2 Å². The third-order valence-corrected chi connectivity index (χ3v) is 4.29. The van der Waals surface area contributed by atoms with Gasteiger partial charge in [-0.3, -0.25) is 4.79 Å². The number of amides is 3. The van der Waals surface area contributed by atoms with Gasteiger partial charge in [0.1, 0.15) is 11.5 Å². The smallest absolute Gasteiger partial charge is 0.312 e. The molecule has 0 saturated carbocycles. The topological polar surface area (TPSA) is 93.5 Å². The van der Waals surface area contributed by atoms with Crippen molar-refractivity contribution < 1.29 is 14.3 Å². The minimum absolute atomic E-state index is 0.00968. The second-order valence-electron chi connectivity index (χ2n) is 6.31. The molecule has 1 atom stereocenters. The number of ether oxygens (including phenoxy) is 1. The third-order valence-electron chi connectivity index (χ3n) is 4.05. The fourth-order valence-electron chi connectivity index (χ4n) is 2.81. The Kier molecular flexibility index (Phi) is 6.71. The van der Waals surface area contributed by atoms with E-state index < -0.39 is 12.1 Å². The Morgan fingerprint density at radius 3 is 2.38 bits per heavy atom. The number of anilines is 1. The summed E-state index contributed by atoms with van der Waals surface area (Å²) in [5, 5.41) is 5.89. The van der Waals surface area contributed by atoms with E-state index in [0.29, 0.717) is 27.8 Å². The fraction of sp³-hybridized carbons (Fsp3) is 0.0909. The minimum atomic E-state index is -0.722. The summed E-state index contributed by atoms with van der Waals surface area (Å²) in [4.78, 5) is 24.0. The zero-order valence-electron chi connectivity index (χ0n) is 15.5. The number of primary amides is 1. The van der Waals surface area contributed by atoms with Crippen LogP contribution >= 0.6 is 11.6 Å². The van der Waals surface area contributed by atoms with E-state index in [9.17, 15) is 9.59 Å². The van der Waals surface area contributed by atoms with Gasteiger partial charge in [0.2, 0.25) is 5.91 Å². The summed E-state index contributed by atoms with van der Waals surface area (Å²) in [6, 6.07) is 21.9. The summed E-state index contributed by atoms with van der Waals surface area (Å²) in [6.07, 6.45) is -0.00968. The molecule has 3 aromatic carbocycles. The molecule has 3 aromatic rings. The van der Waals surface area contributed by atoms with Crippen molar-refractivity contribution in [1.29, 1.82) is 0 Å². The van der Waals surface area contributed by atoms with E-state index in [2.05, 4.69) is 10.6 Å². The molecule has 0 saturated heterocycles. The van der Waals surface area contributed by atoms with Gasteiger partial charge in [-0.1, -0.05) is 48.0 Å². The highest BCUT2D eigenvalue weighted by Gasteiger charge is 2.18. The lowest BCUT2D eigenvalue weighted by atomic mass is 10.0. The maximum absolute atomic E-state index is 12.5. The molecule has 0 heterocycles. The fourth-order valence-corrected chi connectivity index (χ4v) is 3.00. The quantitative estimate of drug-likeness (QED) is 0.519. The molecule has 3 rings (SSSR count). The van der Waals surface area contributed by atoms with Crippen molar-refractivity contribution in [2.75, 3.05) is 5.32 Å². The Balaban J connectivity index is 1.75. The van der Waals surface area contributed by atoms with Crippen molar-refractivity contribution in [1.82, 2.24) is 5.32 Å². The van der Waals surface area contributed by atoms with Crippen molar-refractivity contribution in [2.24, 2.45) is 5.73 Å². The van der Waals surface area contributed by atoms with Crippen molar-refractivity contribution in [2.45, 2.75) is 12.5 Å². The molecule has 0 radical (unpaired) electrons. The molecule has 3 amide bonds. The first kappa shape index (κ1) is 20.2. The maximum atomic E-state index is 12.5. The predicted molar refractivity (Wildman–Crippen MR) is 113 cm³/mol. The van der Waals surface area contributed by atoms with Gasteiger partial charge in [0.25, 0.3) is 0 Å². The Labute approximate surface area is 173 Å². The number of hydrogen-bond acceptors (Lipinski definition) is 3. The molecule has 0 aliphatic rings. The summed E-state index contributed by atoms with van der Waals surface area (Å²) in [7, 11) is 0. The van der Waals surface area contributed by atoms with Crippen LogP contribution in [0.3, 0.4) is 0 Å². The molecule has 0 aromatic heterocycles. The number of nitrogens with two attached hydrogens (primary N) is 1. The number of hydrogen-bond donors (Lipinski definition) is 3. The van der Waals surface area contributed by atoms with Crippen LogP contribution in [0.25, 0.3) is 0 Å². The van der Waals surface area contributed by atoms with Crippen LogP contribution in [0.1, 0.15) is 18.0 Å². The normalized spacial score (nSPS) is 11.3. The Bertz CT molecular complexity index is 995. The van der Waals surface area contributed by atoms with Crippen LogP contribution in [0.4, 0.5) is 10.5 Å². The summed E-state index contributed by atoms with van der Waals surface area (Å²) in [5.74, 6) is 0.975. The molecule has 0 aliphatic carbocycles. The first-order valence-electron chi connectivity index (χ1n) is 8.94. The van der Waals surface area contributed by atoms with Crippen LogP contribution in [0.2, 0.25) is 5.02 Å². The van der Waals surface area contributed by atoms with Crippen LogP contribution in [-0.2, 0) is 4.79 Å². The van der Waals surface area contributed by atoms with Gasteiger partial charge in [-0.05, 0) is 48.0 Å². The molecular weight excluding hydrogens is 390 g/mol. The van der Waals surface area contributed by atoms with E-state index in [1.807, 2.05) is 30.3 Å². The highest BCUT2D eigenvalue weighted by atomic mass is 35.5. The van der Waals surface area contributed by atoms with E-state index >= 15 is 0 Å². The van der Waals surface area contributed by atoms with Crippen LogP contribution in [0, 0.1) is 0 Å². The molecule has 148 valence electrons. The molecule has 0 aliphatic heterocycles. The maximum Gasteiger partial charge on any atom is 0.312 e. The molecule has 7 heteroatoms. The van der Waals surface area contributed by atoms with Gasteiger partial charge in [-0.15, -0.1) is 0 Å². The number of benzene rings is 3. The van der Waals surface area contributed by atoms with Gasteiger partial charge in [-0.25, -0.2) is 4.79 Å². The lowest BCUT2D eigenvalue weighted by molar-refractivity contribution is -0.116. The minimum Gasteiger partial charge on any atom is -0.457 e. The van der Waals surface area contributed by atoms with E-state index in [-0.39, 0.29) is 12.3 Å². The highest BCUT2D eigenvalue weighted by Crippen LogP contribution is 2.26. The number of para-hydroxylation sites is 1. The SMILES string of the molecule is NC(=O)N[C@H](CC(=O)Nc1cccc(Cl)c1)c1cccc(Oc2ccccc2)c1. The molecule has 29 heavy (non-hydrogen) atoms. The van der Waals surface area contributed by atoms with Gasteiger partial charge in [-0.2, -0.15) is 0 Å². The van der Waals surface area contributed by atoms with E-state index in [0.717, 1.165) is 0 Å². The van der Waals surface area contributed by atoms with Crippen molar-refractivity contribution in [3.63, 3.8) is 0 Å². The number of urea groups is 1. The summed E-state index contributed by atoms with van der Waals surface area (Å²) >= 11 is 5.94. The largest absolute Gasteiger partial charge is 0.457 e. The lowest BCUT2D eigenvalue weighted by Crippen LogP contribution is -2.35. The molecule has 0 fully saturated rings. The summed E-state index contributed by atoms with van der Waals surface area (Å²) in [5.41, 5.74) is 6.57. The third kappa shape index (κ3) is 6.26. The van der Waals surface area contributed by atoms with Crippen LogP contribution < -0.4 is 21.1 Å². The number of carbonyl (C=O) groups is 2. The number of carbonyl (C=O) groups excluding carboxylic acids is 2. The molecule has 0 unspecified atom stereocenters. The van der Waals surface area contributed by atoms with Crippen LogP contribution in [0.5, 0.6) is 11.5 Å². The molecule has 0 bridgehead atoms. The zero-order valence-corrected chi connectivity index (χ0v) is 16.2. The molecule has 0 spiro atoms. The highest BCUT2D eigenvalue weighted by molar-refractivity contribution is 6.30.